The third kappa shape index (κ3) is 2.57. The predicted molar refractivity (Wildman–Crippen MR) is 57.0 cm³/mol. The van der Waals surface area contributed by atoms with Gasteiger partial charge in [-0.05, 0) is 6.07 Å². The van der Waals surface area contributed by atoms with Crippen molar-refractivity contribution < 1.29 is 9.13 Å². The van der Waals surface area contributed by atoms with Crippen LogP contribution in [0, 0.1) is 17.1 Å². The number of ether oxygens (including phenoxy) is 1. The van der Waals surface area contributed by atoms with Gasteiger partial charge in [-0.15, -0.1) is 0 Å². The maximum atomic E-state index is 13.4. The van der Waals surface area contributed by atoms with E-state index in [2.05, 4.69) is 6.07 Å². The largest absolute Gasteiger partial charge is 0.361 e. The van der Waals surface area contributed by atoms with E-state index in [9.17, 15) is 4.39 Å². The summed E-state index contributed by atoms with van der Waals surface area (Å²) in [5.41, 5.74) is 0.668. The van der Waals surface area contributed by atoms with Gasteiger partial charge in [0.2, 0.25) is 0 Å². The number of benzene rings is 1. The van der Waals surface area contributed by atoms with Crippen LogP contribution in [0.2, 0.25) is 0 Å². The average Bonchev–Trinajstić information content (AvgIpc) is 2.32. The number of nitriles is 1. The number of nitrogens with zero attached hydrogens (tertiary/aromatic N) is 2. The lowest BCUT2D eigenvalue weighted by Gasteiger charge is -2.29. The first kappa shape index (κ1) is 11.1. The molecule has 1 aromatic rings. The summed E-state index contributed by atoms with van der Waals surface area (Å²) >= 11 is 0. The SMILES string of the molecule is N#C[C@@H]1CN(Cc2ccccc2F)CCO1. The maximum Gasteiger partial charge on any atom is 0.156 e. The highest BCUT2D eigenvalue weighted by molar-refractivity contribution is 5.17. The van der Waals surface area contributed by atoms with Gasteiger partial charge < -0.3 is 4.74 Å². The molecule has 1 saturated heterocycles. The van der Waals surface area contributed by atoms with Crippen molar-refractivity contribution >= 4 is 0 Å². The molecule has 1 aliphatic rings. The average molecular weight is 220 g/mol. The Balaban J connectivity index is 2.00. The third-order valence-electron chi connectivity index (χ3n) is 2.65. The zero-order chi connectivity index (χ0) is 11.4. The summed E-state index contributed by atoms with van der Waals surface area (Å²) in [7, 11) is 0. The van der Waals surface area contributed by atoms with Gasteiger partial charge in [0.1, 0.15) is 5.82 Å². The lowest BCUT2D eigenvalue weighted by atomic mass is 10.2. The quantitative estimate of drug-likeness (QED) is 0.758. The van der Waals surface area contributed by atoms with E-state index in [1.807, 2.05) is 11.0 Å². The number of halogens is 1. The topological polar surface area (TPSA) is 36.3 Å². The molecular weight excluding hydrogens is 207 g/mol. The molecule has 0 radical (unpaired) electrons. The van der Waals surface area contributed by atoms with Crippen molar-refractivity contribution in [2.75, 3.05) is 19.7 Å². The van der Waals surface area contributed by atoms with Crippen LogP contribution in [-0.2, 0) is 11.3 Å². The summed E-state index contributed by atoms with van der Waals surface area (Å²) in [4.78, 5) is 2.04. The Hall–Kier alpha value is -1.44. The normalized spacial score (nSPS) is 21.6. The van der Waals surface area contributed by atoms with Crippen LogP contribution < -0.4 is 0 Å². The second-order valence-corrected chi connectivity index (χ2v) is 3.82. The van der Waals surface area contributed by atoms with Crippen molar-refractivity contribution in [3.63, 3.8) is 0 Å². The standard InChI is InChI=1S/C12H13FN2O/c13-12-4-2-1-3-10(12)8-15-5-6-16-11(7-14)9-15/h1-4,11H,5-6,8-9H2/t11-/m1/s1. The van der Waals surface area contributed by atoms with Crippen LogP contribution in [0.1, 0.15) is 5.56 Å². The summed E-state index contributed by atoms with van der Waals surface area (Å²) in [5.74, 6) is -0.192. The lowest BCUT2D eigenvalue weighted by molar-refractivity contribution is -0.00304. The monoisotopic (exact) mass is 220 g/mol. The minimum Gasteiger partial charge on any atom is -0.361 e. The van der Waals surface area contributed by atoms with Gasteiger partial charge in [-0.25, -0.2) is 4.39 Å². The van der Waals surface area contributed by atoms with E-state index in [1.165, 1.54) is 6.07 Å². The number of morpholine rings is 1. The van der Waals surface area contributed by atoms with Gasteiger partial charge in [-0.2, -0.15) is 5.26 Å². The molecule has 3 nitrogen and oxygen atoms in total. The smallest absolute Gasteiger partial charge is 0.156 e. The molecule has 1 heterocycles. The Bertz CT molecular complexity index is 402. The Morgan fingerprint density at radius 2 is 2.31 bits per heavy atom. The minimum atomic E-state index is -0.388. The Kier molecular flexibility index (Phi) is 3.50. The molecule has 16 heavy (non-hydrogen) atoms. The van der Waals surface area contributed by atoms with Crippen LogP contribution in [0.15, 0.2) is 24.3 Å². The summed E-state index contributed by atoms with van der Waals surface area (Å²) < 4.78 is 18.6. The van der Waals surface area contributed by atoms with Crippen LogP contribution in [-0.4, -0.2) is 30.7 Å². The van der Waals surface area contributed by atoms with Crippen molar-refractivity contribution in [3.05, 3.63) is 35.6 Å². The molecule has 0 aromatic heterocycles. The van der Waals surface area contributed by atoms with Gasteiger partial charge >= 0.3 is 0 Å². The first-order valence-corrected chi connectivity index (χ1v) is 5.26. The number of hydrogen-bond donors (Lipinski definition) is 0. The lowest BCUT2D eigenvalue weighted by Crippen LogP contribution is -2.41. The summed E-state index contributed by atoms with van der Waals surface area (Å²) in [6.07, 6.45) is -0.388. The zero-order valence-electron chi connectivity index (χ0n) is 8.90. The summed E-state index contributed by atoms with van der Waals surface area (Å²) in [6.45, 7) is 2.36. The van der Waals surface area contributed by atoms with E-state index in [1.54, 1.807) is 12.1 Å². The molecule has 0 unspecified atom stereocenters. The van der Waals surface area contributed by atoms with Gasteiger partial charge in [0.25, 0.3) is 0 Å². The van der Waals surface area contributed by atoms with Crippen LogP contribution in [0.3, 0.4) is 0 Å². The van der Waals surface area contributed by atoms with Crippen LogP contribution in [0.25, 0.3) is 0 Å². The molecule has 0 spiro atoms. The third-order valence-corrected chi connectivity index (χ3v) is 2.65. The van der Waals surface area contributed by atoms with E-state index in [0.717, 1.165) is 6.54 Å². The molecule has 2 rings (SSSR count). The van der Waals surface area contributed by atoms with Crippen molar-refractivity contribution in [1.29, 1.82) is 5.26 Å². The highest BCUT2D eigenvalue weighted by Gasteiger charge is 2.20. The second-order valence-electron chi connectivity index (χ2n) is 3.82. The highest BCUT2D eigenvalue weighted by atomic mass is 19.1. The molecule has 1 fully saturated rings. The molecule has 0 amide bonds. The molecule has 0 saturated carbocycles. The van der Waals surface area contributed by atoms with Crippen molar-refractivity contribution in [3.8, 4) is 6.07 Å². The van der Waals surface area contributed by atoms with Crippen LogP contribution >= 0.6 is 0 Å². The maximum absolute atomic E-state index is 13.4. The molecular formula is C12H13FN2O. The van der Waals surface area contributed by atoms with E-state index >= 15 is 0 Å². The van der Waals surface area contributed by atoms with E-state index in [4.69, 9.17) is 10.00 Å². The Morgan fingerprint density at radius 1 is 1.50 bits per heavy atom. The van der Waals surface area contributed by atoms with Gasteiger partial charge in [-0.1, -0.05) is 18.2 Å². The Morgan fingerprint density at radius 3 is 3.06 bits per heavy atom. The molecule has 4 heteroatoms. The minimum absolute atomic E-state index is 0.192. The fraction of sp³-hybridized carbons (Fsp3) is 0.417. The van der Waals surface area contributed by atoms with Crippen molar-refractivity contribution in [2.24, 2.45) is 0 Å². The first-order chi connectivity index (χ1) is 7.79. The van der Waals surface area contributed by atoms with Crippen LogP contribution in [0.4, 0.5) is 4.39 Å². The summed E-state index contributed by atoms with van der Waals surface area (Å²) in [5, 5.41) is 8.75. The van der Waals surface area contributed by atoms with Crippen LogP contribution in [0.5, 0.6) is 0 Å². The molecule has 1 aromatic carbocycles. The molecule has 1 aliphatic heterocycles. The van der Waals surface area contributed by atoms with Gasteiger partial charge in [0.15, 0.2) is 6.10 Å². The molecule has 1 atom stereocenters. The van der Waals surface area contributed by atoms with Crippen molar-refractivity contribution in [1.82, 2.24) is 4.90 Å². The molecule has 0 aliphatic carbocycles. The fourth-order valence-corrected chi connectivity index (χ4v) is 1.79. The molecule has 0 bridgehead atoms. The van der Waals surface area contributed by atoms with Gasteiger partial charge in [0.05, 0.1) is 12.7 Å². The van der Waals surface area contributed by atoms with Gasteiger partial charge in [-0.3, -0.25) is 4.90 Å². The Labute approximate surface area is 94.0 Å². The molecule has 84 valence electrons. The number of hydrogen-bond acceptors (Lipinski definition) is 3. The van der Waals surface area contributed by atoms with Crippen molar-refractivity contribution in [2.45, 2.75) is 12.6 Å². The molecule has 0 N–H and O–H groups in total. The predicted octanol–water partition coefficient (Wildman–Crippen LogP) is 1.55. The first-order valence-electron chi connectivity index (χ1n) is 5.26. The summed E-state index contributed by atoms with van der Waals surface area (Å²) in [6, 6.07) is 8.80. The second kappa shape index (κ2) is 5.06. The fourth-order valence-electron chi connectivity index (χ4n) is 1.79. The van der Waals surface area contributed by atoms with E-state index < -0.39 is 0 Å². The van der Waals surface area contributed by atoms with Gasteiger partial charge in [0, 0.05) is 25.2 Å². The highest BCUT2D eigenvalue weighted by Crippen LogP contribution is 2.12. The number of rotatable bonds is 2. The van der Waals surface area contributed by atoms with E-state index in [-0.39, 0.29) is 11.9 Å². The zero-order valence-corrected chi connectivity index (χ0v) is 8.90. The van der Waals surface area contributed by atoms with E-state index in [0.29, 0.717) is 25.3 Å².